The van der Waals surface area contributed by atoms with Crippen molar-refractivity contribution in [1.29, 1.82) is 0 Å². The highest BCUT2D eigenvalue weighted by atomic mass is 127. The second-order valence-electron chi connectivity index (χ2n) is 8.79. The number of hydrogen-bond acceptors (Lipinski definition) is 6. The lowest BCUT2D eigenvalue weighted by atomic mass is 9.83. The summed E-state index contributed by atoms with van der Waals surface area (Å²) in [6.07, 6.45) is 3.25. The van der Waals surface area contributed by atoms with Crippen LogP contribution in [0.3, 0.4) is 0 Å². The number of nitro groups is 1. The molecule has 2 heterocycles. The number of hydrogen-bond donors (Lipinski definition) is 1. The van der Waals surface area contributed by atoms with E-state index in [0.29, 0.717) is 23.5 Å². The molecule has 184 valence electrons. The molecule has 3 aromatic carbocycles. The van der Waals surface area contributed by atoms with Crippen LogP contribution < -0.4 is 14.9 Å². The van der Waals surface area contributed by atoms with E-state index in [9.17, 15) is 20.0 Å². The fourth-order valence-corrected chi connectivity index (χ4v) is 6.71. The zero-order valence-electron chi connectivity index (χ0n) is 19.0. The summed E-state index contributed by atoms with van der Waals surface area (Å²) >= 11 is 9.26. The van der Waals surface area contributed by atoms with Crippen molar-refractivity contribution < 1.29 is 10.0 Å². The molecule has 1 aliphatic heterocycles. The lowest BCUT2D eigenvalue weighted by molar-refractivity contribution is -0.386. The number of aromatic hydroxyl groups is 1. The molecular weight excluding hydrogens is 625 g/mol. The second kappa shape index (κ2) is 9.23. The molecule has 0 spiro atoms. The molecule has 4 aromatic rings. The van der Waals surface area contributed by atoms with Gasteiger partial charge >= 0.3 is 5.69 Å². The molecule has 1 N–H and O–H groups in total. The van der Waals surface area contributed by atoms with Gasteiger partial charge in [-0.05, 0) is 82.0 Å². The Bertz CT molecular complexity index is 1830. The number of nitro benzene ring substituents is 1. The average molecular weight is 642 g/mol. The summed E-state index contributed by atoms with van der Waals surface area (Å²) in [5.41, 5.74) is 5.04. The summed E-state index contributed by atoms with van der Waals surface area (Å²) in [5, 5.41) is 22.1. The first kappa shape index (κ1) is 24.1. The van der Waals surface area contributed by atoms with Gasteiger partial charge in [-0.25, -0.2) is 4.99 Å². The van der Waals surface area contributed by atoms with Crippen LogP contribution in [0.4, 0.5) is 5.69 Å². The molecule has 0 saturated carbocycles. The summed E-state index contributed by atoms with van der Waals surface area (Å²) in [6, 6.07) is 18.3. The summed E-state index contributed by atoms with van der Waals surface area (Å²) in [7, 11) is 0. The van der Waals surface area contributed by atoms with E-state index in [2.05, 4.69) is 12.1 Å². The normalized spacial score (nSPS) is 16.6. The Labute approximate surface area is 233 Å². The van der Waals surface area contributed by atoms with Gasteiger partial charge in [-0.2, -0.15) is 0 Å². The first-order chi connectivity index (χ1) is 17.8. The zero-order chi connectivity index (χ0) is 25.8. The Balaban J connectivity index is 1.61. The first-order valence-electron chi connectivity index (χ1n) is 11.4. The maximum Gasteiger partial charge on any atom is 0.312 e. The van der Waals surface area contributed by atoms with Crippen molar-refractivity contribution in [2.75, 3.05) is 0 Å². The minimum atomic E-state index is -0.636. The van der Waals surface area contributed by atoms with Crippen molar-refractivity contribution in [3.8, 4) is 5.75 Å². The fraction of sp³-hybridized carbons (Fsp3) is 0.111. The van der Waals surface area contributed by atoms with Gasteiger partial charge in [0.2, 0.25) is 5.75 Å². The first-order valence-corrected chi connectivity index (χ1v) is 13.6. The van der Waals surface area contributed by atoms with Crippen LogP contribution in [0.15, 0.2) is 76.0 Å². The fourth-order valence-electron chi connectivity index (χ4n) is 4.95. The van der Waals surface area contributed by atoms with Crippen molar-refractivity contribution in [3.63, 3.8) is 0 Å². The van der Waals surface area contributed by atoms with E-state index in [4.69, 9.17) is 16.6 Å². The van der Waals surface area contributed by atoms with E-state index in [1.165, 1.54) is 23.0 Å². The van der Waals surface area contributed by atoms with Gasteiger partial charge in [-0.15, -0.1) is 0 Å². The molecule has 0 fully saturated rings. The van der Waals surface area contributed by atoms with Gasteiger partial charge in [-0.1, -0.05) is 59.3 Å². The third-order valence-electron chi connectivity index (χ3n) is 6.62. The maximum absolute atomic E-state index is 13.8. The molecule has 7 nitrogen and oxygen atoms in total. The van der Waals surface area contributed by atoms with E-state index < -0.39 is 16.4 Å². The van der Waals surface area contributed by atoms with Crippen LogP contribution in [0.1, 0.15) is 34.7 Å². The number of phenolic OH excluding ortho intramolecular Hbond substituents is 1. The van der Waals surface area contributed by atoms with E-state index >= 15 is 0 Å². The Kier molecular flexibility index (Phi) is 6.01. The van der Waals surface area contributed by atoms with Gasteiger partial charge < -0.3 is 5.11 Å². The standard InChI is InChI=1S/C27H17ClIN3O4S/c28-17-8-5-16(6-9-17)24-19-10-7-15-3-1-2-4-18(15)23(19)30-27-31(24)26(34)22(37-27)13-14-11-20(29)25(33)21(12-14)32(35)36/h1-6,8-9,11-13,24,33H,7,10H2/b22-13-/t24-/m0/s1. The smallest absolute Gasteiger partial charge is 0.312 e. The molecule has 0 unspecified atom stereocenters. The molecule has 37 heavy (non-hydrogen) atoms. The van der Waals surface area contributed by atoms with Gasteiger partial charge in [0.25, 0.3) is 5.56 Å². The van der Waals surface area contributed by atoms with Crippen LogP contribution >= 0.6 is 45.5 Å². The molecule has 1 aromatic heterocycles. The van der Waals surface area contributed by atoms with Crippen molar-refractivity contribution in [3.05, 3.63) is 127 Å². The average Bonchev–Trinajstić information content (AvgIpc) is 3.19. The number of halogens is 2. The van der Waals surface area contributed by atoms with Crippen LogP contribution in [-0.4, -0.2) is 14.6 Å². The molecular formula is C27H17ClIN3O4S. The molecule has 1 aliphatic carbocycles. The van der Waals surface area contributed by atoms with Gasteiger partial charge in [0.1, 0.15) is 0 Å². The highest BCUT2D eigenvalue weighted by Gasteiger charge is 2.32. The molecule has 0 bridgehead atoms. The molecule has 0 amide bonds. The second-order valence-corrected chi connectivity index (χ2v) is 11.4. The minimum Gasteiger partial charge on any atom is -0.501 e. The van der Waals surface area contributed by atoms with Crippen molar-refractivity contribution in [1.82, 2.24) is 4.57 Å². The van der Waals surface area contributed by atoms with Crippen LogP contribution in [-0.2, 0) is 6.42 Å². The molecule has 1 atom stereocenters. The van der Waals surface area contributed by atoms with E-state index in [-0.39, 0.29) is 11.6 Å². The Morgan fingerprint density at radius 3 is 2.68 bits per heavy atom. The van der Waals surface area contributed by atoms with Crippen LogP contribution in [0.5, 0.6) is 5.75 Å². The summed E-state index contributed by atoms with van der Waals surface area (Å²) in [4.78, 5) is 30.1. The molecule has 10 heteroatoms. The monoisotopic (exact) mass is 641 g/mol. The number of benzene rings is 3. The summed E-state index contributed by atoms with van der Waals surface area (Å²) < 4.78 is 2.45. The number of aromatic nitrogens is 1. The van der Waals surface area contributed by atoms with Gasteiger partial charge in [0.05, 0.1) is 24.8 Å². The number of thiazole rings is 1. The SMILES string of the molecule is O=c1/c(=C/c2cc(I)c(O)c([N+](=O)[O-])c2)sc2n1[C@@H](c1ccc(Cl)cc1)C1=C(N=2)c2ccccc2CC1. The third-order valence-corrected chi connectivity index (χ3v) is 8.68. The van der Waals surface area contributed by atoms with Gasteiger partial charge in [0.15, 0.2) is 4.80 Å². The van der Waals surface area contributed by atoms with Gasteiger partial charge in [-0.3, -0.25) is 19.5 Å². The summed E-state index contributed by atoms with van der Waals surface area (Å²) in [6.45, 7) is 0. The maximum atomic E-state index is 13.8. The number of nitrogens with zero attached hydrogens (tertiary/aromatic N) is 3. The topological polar surface area (TPSA) is 97.7 Å². The Hall–Kier alpha value is -3.28. The largest absolute Gasteiger partial charge is 0.501 e. The third kappa shape index (κ3) is 4.11. The predicted molar refractivity (Wildman–Crippen MR) is 152 cm³/mol. The number of aryl methyl sites for hydroxylation is 1. The van der Waals surface area contributed by atoms with Crippen molar-refractivity contribution in [2.24, 2.45) is 4.99 Å². The Morgan fingerprint density at radius 1 is 1.16 bits per heavy atom. The van der Waals surface area contributed by atoms with E-state index in [0.717, 1.165) is 35.2 Å². The number of phenols is 1. The molecule has 6 rings (SSSR count). The van der Waals surface area contributed by atoms with Crippen LogP contribution in [0.25, 0.3) is 11.8 Å². The lowest BCUT2D eigenvalue weighted by Crippen LogP contribution is -2.38. The summed E-state index contributed by atoms with van der Waals surface area (Å²) in [5.74, 6) is -0.390. The molecule has 0 saturated heterocycles. The predicted octanol–water partition coefficient (Wildman–Crippen LogP) is 5.19. The number of rotatable bonds is 3. The number of fused-ring (bicyclic) bond motifs is 3. The Morgan fingerprint density at radius 2 is 1.92 bits per heavy atom. The molecule has 2 aliphatic rings. The van der Waals surface area contributed by atoms with Crippen molar-refractivity contribution in [2.45, 2.75) is 18.9 Å². The van der Waals surface area contributed by atoms with E-state index in [1.807, 2.05) is 59.0 Å². The zero-order valence-corrected chi connectivity index (χ0v) is 22.8. The van der Waals surface area contributed by atoms with Crippen molar-refractivity contribution >= 4 is 63.0 Å². The lowest BCUT2D eigenvalue weighted by Gasteiger charge is -2.30. The van der Waals surface area contributed by atoms with E-state index in [1.54, 1.807) is 16.7 Å². The number of allylic oxidation sites excluding steroid dienone is 1. The van der Waals surface area contributed by atoms with Crippen LogP contribution in [0, 0.1) is 13.7 Å². The highest BCUT2D eigenvalue weighted by Crippen LogP contribution is 2.41. The van der Waals surface area contributed by atoms with Gasteiger partial charge in [0, 0.05) is 16.7 Å². The van der Waals surface area contributed by atoms with Crippen LogP contribution in [0.2, 0.25) is 5.02 Å². The highest BCUT2D eigenvalue weighted by molar-refractivity contribution is 14.1. The minimum absolute atomic E-state index is 0.222. The quantitative estimate of drug-likeness (QED) is 0.189. The molecule has 0 radical (unpaired) electrons.